The number of hydrogen-bond donors (Lipinski definition) is 2. The van der Waals surface area contributed by atoms with E-state index < -0.39 is 10.0 Å². The summed E-state index contributed by atoms with van der Waals surface area (Å²) in [7, 11) is -3.50. The molecule has 19 heavy (non-hydrogen) atoms. The first-order valence-electron chi connectivity index (χ1n) is 6.57. The molecule has 1 heterocycles. The van der Waals surface area contributed by atoms with Crippen LogP contribution in [0, 0.1) is 19.8 Å². The Morgan fingerprint density at radius 3 is 2.63 bits per heavy atom. The smallest absolute Gasteiger partial charge is 0.244 e. The highest BCUT2D eigenvalue weighted by Crippen LogP contribution is 2.28. The second-order valence-electron chi connectivity index (χ2n) is 5.18. The molecular weight excluding hydrogens is 286 g/mol. The Labute approximate surface area is 119 Å². The second-order valence-corrected chi connectivity index (χ2v) is 7.44. The van der Waals surface area contributed by atoms with Gasteiger partial charge in [-0.3, -0.25) is 5.10 Å². The number of aromatic nitrogens is 2. The third-order valence-corrected chi connectivity index (χ3v) is 5.94. The van der Waals surface area contributed by atoms with Gasteiger partial charge >= 0.3 is 0 Å². The van der Waals surface area contributed by atoms with E-state index in [9.17, 15) is 8.42 Å². The van der Waals surface area contributed by atoms with Gasteiger partial charge in [0.05, 0.1) is 11.4 Å². The van der Waals surface area contributed by atoms with Crippen molar-refractivity contribution >= 4 is 21.6 Å². The molecule has 1 aliphatic carbocycles. The van der Waals surface area contributed by atoms with Crippen molar-refractivity contribution in [1.29, 1.82) is 0 Å². The number of nitrogens with zero attached hydrogens (tertiary/aromatic N) is 1. The number of alkyl halides is 1. The molecule has 1 saturated carbocycles. The number of aryl methyl sites for hydroxylation is 2. The fourth-order valence-corrected chi connectivity index (χ4v) is 4.45. The minimum atomic E-state index is -3.50. The van der Waals surface area contributed by atoms with Crippen molar-refractivity contribution in [1.82, 2.24) is 14.9 Å². The van der Waals surface area contributed by atoms with Crippen LogP contribution in [0.4, 0.5) is 0 Å². The maximum atomic E-state index is 12.3. The van der Waals surface area contributed by atoms with Crippen LogP contribution in [0.25, 0.3) is 0 Å². The summed E-state index contributed by atoms with van der Waals surface area (Å²) in [5, 5.41) is 6.69. The van der Waals surface area contributed by atoms with E-state index in [0.29, 0.717) is 17.9 Å². The summed E-state index contributed by atoms with van der Waals surface area (Å²) >= 11 is 6.25. The first-order valence-corrected chi connectivity index (χ1v) is 8.49. The highest BCUT2D eigenvalue weighted by molar-refractivity contribution is 7.89. The fraction of sp³-hybridized carbons (Fsp3) is 0.750. The number of rotatable bonds is 4. The molecule has 1 aromatic rings. The number of nitrogens with one attached hydrogen (secondary N) is 2. The lowest BCUT2D eigenvalue weighted by Gasteiger charge is -2.27. The van der Waals surface area contributed by atoms with E-state index in [4.69, 9.17) is 11.6 Å². The van der Waals surface area contributed by atoms with E-state index in [-0.39, 0.29) is 16.2 Å². The van der Waals surface area contributed by atoms with E-state index in [1.54, 1.807) is 13.8 Å². The average molecular weight is 306 g/mol. The van der Waals surface area contributed by atoms with Crippen LogP contribution in [-0.2, 0) is 10.0 Å². The fourth-order valence-electron chi connectivity index (χ4n) is 2.62. The van der Waals surface area contributed by atoms with Gasteiger partial charge in [-0.1, -0.05) is 12.8 Å². The average Bonchev–Trinajstić information content (AvgIpc) is 2.69. The number of hydrogen-bond acceptors (Lipinski definition) is 3. The van der Waals surface area contributed by atoms with Gasteiger partial charge in [0.2, 0.25) is 10.0 Å². The zero-order valence-electron chi connectivity index (χ0n) is 11.2. The normalized spacial score (nSPS) is 24.6. The predicted octanol–water partition coefficient (Wildman–Crippen LogP) is 2.10. The zero-order valence-corrected chi connectivity index (χ0v) is 12.8. The van der Waals surface area contributed by atoms with Crippen molar-refractivity contribution in [2.75, 3.05) is 6.54 Å². The molecule has 0 aliphatic heterocycles. The number of aromatic amines is 1. The van der Waals surface area contributed by atoms with Gasteiger partial charge in [0.25, 0.3) is 0 Å². The van der Waals surface area contributed by atoms with Gasteiger partial charge in [-0.15, -0.1) is 11.6 Å². The molecule has 5 nitrogen and oxygen atoms in total. The van der Waals surface area contributed by atoms with Crippen molar-refractivity contribution in [2.24, 2.45) is 5.92 Å². The van der Waals surface area contributed by atoms with E-state index >= 15 is 0 Å². The molecule has 7 heteroatoms. The summed E-state index contributed by atoms with van der Waals surface area (Å²) in [5.41, 5.74) is 1.06. The highest BCUT2D eigenvalue weighted by Gasteiger charge is 2.27. The maximum absolute atomic E-state index is 12.3. The molecule has 1 aliphatic rings. The quantitative estimate of drug-likeness (QED) is 0.837. The van der Waals surface area contributed by atoms with E-state index in [1.165, 1.54) is 0 Å². The van der Waals surface area contributed by atoms with Gasteiger partial charge in [0.1, 0.15) is 4.90 Å². The van der Waals surface area contributed by atoms with Crippen LogP contribution < -0.4 is 4.72 Å². The zero-order chi connectivity index (χ0) is 14.0. The SMILES string of the molecule is Cc1n[nH]c(C)c1S(=O)(=O)NCC1CCCCC1Cl. The molecule has 0 bridgehead atoms. The molecule has 2 rings (SSSR count). The lowest BCUT2D eigenvalue weighted by Crippen LogP contribution is -2.35. The maximum Gasteiger partial charge on any atom is 0.244 e. The van der Waals surface area contributed by atoms with Gasteiger partial charge in [0, 0.05) is 11.9 Å². The van der Waals surface area contributed by atoms with Gasteiger partial charge in [-0.05, 0) is 32.6 Å². The van der Waals surface area contributed by atoms with Crippen LogP contribution in [0.2, 0.25) is 0 Å². The van der Waals surface area contributed by atoms with Crippen LogP contribution in [-0.4, -0.2) is 30.5 Å². The first kappa shape index (κ1) is 14.8. The molecule has 0 saturated heterocycles. The van der Waals surface area contributed by atoms with Crippen LogP contribution in [0.1, 0.15) is 37.1 Å². The summed E-state index contributed by atoms with van der Waals surface area (Å²) in [4.78, 5) is 0.259. The Kier molecular flexibility index (Phi) is 4.53. The Balaban J connectivity index is 2.06. The lowest BCUT2D eigenvalue weighted by molar-refractivity contribution is 0.364. The third kappa shape index (κ3) is 3.30. The minimum absolute atomic E-state index is 0.0722. The van der Waals surface area contributed by atoms with Crippen LogP contribution in [0.5, 0.6) is 0 Å². The van der Waals surface area contributed by atoms with Crippen molar-refractivity contribution in [3.8, 4) is 0 Å². The number of halogens is 1. The molecule has 0 radical (unpaired) electrons. The summed E-state index contributed by atoms with van der Waals surface area (Å²) in [6.45, 7) is 3.79. The van der Waals surface area contributed by atoms with Gasteiger partial charge in [-0.2, -0.15) is 5.10 Å². The third-order valence-electron chi connectivity index (χ3n) is 3.68. The van der Waals surface area contributed by atoms with Crippen molar-refractivity contribution in [2.45, 2.75) is 49.8 Å². The van der Waals surface area contributed by atoms with Crippen LogP contribution in [0.3, 0.4) is 0 Å². The molecule has 2 unspecified atom stereocenters. The van der Waals surface area contributed by atoms with E-state index in [0.717, 1.165) is 25.7 Å². The van der Waals surface area contributed by atoms with E-state index in [1.807, 2.05) is 0 Å². The monoisotopic (exact) mass is 305 g/mol. The Bertz CT molecular complexity index is 522. The van der Waals surface area contributed by atoms with Gasteiger partial charge in [-0.25, -0.2) is 13.1 Å². The van der Waals surface area contributed by atoms with Crippen molar-refractivity contribution in [3.63, 3.8) is 0 Å². The van der Waals surface area contributed by atoms with Crippen molar-refractivity contribution < 1.29 is 8.42 Å². The Hall–Kier alpha value is -0.590. The summed E-state index contributed by atoms with van der Waals surface area (Å²) in [6.07, 6.45) is 4.22. The van der Waals surface area contributed by atoms with Gasteiger partial charge < -0.3 is 0 Å². The molecule has 2 N–H and O–H groups in total. The molecule has 0 amide bonds. The number of H-pyrrole nitrogens is 1. The molecule has 1 fully saturated rings. The first-order chi connectivity index (χ1) is 8.92. The molecule has 108 valence electrons. The molecule has 1 aromatic heterocycles. The minimum Gasteiger partial charge on any atom is -0.281 e. The lowest BCUT2D eigenvalue weighted by atomic mass is 9.89. The predicted molar refractivity (Wildman–Crippen MR) is 74.8 cm³/mol. The molecule has 2 atom stereocenters. The molecule has 0 spiro atoms. The van der Waals surface area contributed by atoms with Crippen LogP contribution >= 0.6 is 11.6 Å². The van der Waals surface area contributed by atoms with E-state index in [2.05, 4.69) is 14.9 Å². The largest absolute Gasteiger partial charge is 0.281 e. The van der Waals surface area contributed by atoms with Crippen LogP contribution in [0.15, 0.2) is 4.90 Å². The Morgan fingerprint density at radius 1 is 1.37 bits per heavy atom. The summed E-state index contributed by atoms with van der Waals surface area (Å²) in [6, 6.07) is 0. The topological polar surface area (TPSA) is 74.8 Å². The van der Waals surface area contributed by atoms with Gasteiger partial charge in [0.15, 0.2) is 0 Å². The standard InChI is InChI=1S/C12H20ClN3O2S/c1-8-12(9(2)16-15-8)19(17,18)14-7-10-5-3-4-6-11(10)13/h10-11,14H,3-7H2,1-2H3,(H,15,16). The number of sulfonamides is 1. The second kappa shape index (κ2) is 5.81. The summed E-state index contributed by atoms with van der Waals surface area (Å²) in [5.74, 6) is 0.220. The summed E-state index contributed by atoms with van der Waals surface area (Å²) < 4.78 is 27.2. The molecule has 0 aromatic carbocycles. The molecular formula is C12H20ClN3O2S. The Morgan fingerprint density at radius 2 is 2.05 bits per heavy atom. The van der Waals surface area contributed by atoms with Crippen molar-refractivity contribution in [3.05, 3.63) is 11.4 Å². The highest BCUT2D eigenvalue weighted by atomic mass is 35.5.